The molecule has 0 saturated carbocycles. The number of carbonyl (C=O) groups excluding carboxylic acids is 5. The van der Waals surface area contributed by atoms with Gasteiger partial charge < -0.3 is 44.0 Å². The summed E-state index contributed by atoms with van der Waals surface area (Å²) in [5.41, 5.74) is 10.1. The Bertz CT molecular complexity index is 2260. The van der Waals surface area contributed by atoms with Gasteiger partial charge in [0.1, 0.15) is 18.1 Å². The molecule has 3 rings (SSSR count). The summed E-state index contributed by atoms with van der Waals surface area (Å²) in [6.07, 6.45) is 4.57. The predicted molar refractivity (Wildman–Crippen MR) is 300 cm³/mol. The largest absolute Gasteiger partial charge is 0.480 e. The van der Waals surface area contributed by atoms with Crippen LogP contribution < -0.4 is 10.6 Å². The molecule has 9 atom stereocenters. The van der Waals surface area contributed by atoms with Crippen molar-refractivity contribution < 1.29 is 47.5 Å². The van der Waals surface area contributed by atoms with Crippen LogP contribution in [-0.2, 0) is 55.3 Å². The monoisotopic (exact) mass is 1110 g/mol. The van der Waals surface area contributed by atoms with E-state index >= 15 is 0 Å². The molecule has 1 aromatic carbocycles. The molecule has 23 heteroatoms. The molecule has 0 spiro atoms. The zero-order valence-corrected chi connectivity index (χ0v) is 50.6. The maximum atomic E-state index is 14.7. The van der Waals surface area contributed by atoms with E-state index in [2.05, 4.69) is 56.8 Å². The number of thioether (sulfide) groups is 1. The first-order valence-corrected chi connectivity index (χ1v) is 33.8. The number of aliphatic carboxylic acids is 1. The highest BCUT2D eigenvalue weighted by molar-refractivity contribution is 8.00. The van der Waals surface area contributed by atoms with Gasteiger partial charge in [0.05, 0.1) is 43.2 Å². The molecule has 0 bridgehead atoms. The minimum atomic E-state index is -2.21. The molecule has 424 valence electrons. The fourth-order valence-electron chi connectivity index (χ4n) is 10.2. The number of likely N-dealkylation sites (tertiary alicyclic amines) is 1. The normalized spacial score (nSPS) is 17.1. The first-order valence-electron chi connectivity index (χ1n) is 26.6. The molecular formula is C53H88N10O10SSi2. The topological polar surface area (TPSA) is 259 Å². The van der Waals surface area contributed by atoms with E-state index < -0.39 is 82.8 Å². The highest BCUT2D eigenvalue weighted by Crippen LogP contribution is 2.31. The van der Waals surface area contributed by atoms with Crippen molar-refractivity contribution in [2.45, 2.75) is 180 Å². The van der Waals surface area contributed by atoms with Crippen LogP contribution in [-0.4, -0.2) is 165 Å². The van der Waals surface area contributed by atoms with Crippen molar-refractivity contribution in [1.82, 2.24) is 35.3 Å². The Kier molecular flexibility index (Phi) is 26.6. The van der Waals surface area contributed by atoms with Crippen LogP contribution in [0.25, 0.3) is 10.4 Å². The van der Waals surface area contributed by atoms with Crippen molar-refractivity contribution in [2.75, 3.05) is 40.2 Å². The van der Waals surface area contributed by atoms with Gasteiger partial charge in [-0.2, -0.15) is 0 Å². The van der Waals surface area contributed by atoms with Gasteiger partial charge in [0.15, 0.2) is 21.8 Å². The zero-order valence-electron chi connectivity index (χ0n) is 47.8. The van der Waals surface area contributed by atoms with Gasteiger partial charge in [-0.15, -0.1) is 0 Å². The molecule has 1 aliphatic rings. The maximum absolute atomic E-state index is 14.7. The van der Waals surface area contributed by atoms with Gasteiger partial charge in [0.2, 0.25) is 29.5 Å². The first kappa shape index (κ1) is 65.4. The molecule has 0 radical (unpaired) electrons. The summed E-state index contributed by atoms with van der Waals surface area (Å²) in [7, 11) is 1.94. The van der Waals surface area contributed by atoms with Gasteiger partial charge in [-0.25, -0.2) is 14.8 Å². The molecule has 0 aliphatic carbocycles. The Balaban J connectivity index is 1.68. The third-order valence-electron chi connectivity index (χ3n) is 14.4. The quantitative estimate of drug-likeness (QED) is 0.0161. The minimum absolute atomic E-state index is 0.0756. The fraction of sp³-hybridized carbons (Fsp3) is 0.698. The summed E-state index contributed by atoms with van der Waals surface area (Å²) >= 11 is 1.53. The van der Waals surface area contributed by atoms with Crippen molar-refractivity contribution in [2.24, 2.45) is 28.8 Å². The molecule has 3 N–H and O–H groups in total. The number of methoxy groups -OCH3 is 2. The standard InChI is InChI=1S/C53H88N10O10SSi2/c1-16-36(6)47(42(71-10)29-44(65)63-26-20-24-41(63)48(72-11)37(7)49(66)58-40(52(69)70)28-38-22-18-17-19-23-38)62(9)51(68)45(34(2)3)59-50(67)46(35(4)5)61(8)43(64)25-21-27-75(12,13)73-76(14,15)33-74-53-55-30-39(31-56-53)32-57-60-54/h17-19,22-23,30-31,34-37,40-42,45-48H,16,20-21,24-29,32-33H2,1-15H3,(H,58,66)(H,59,67)(H,69,70)/t36-,37+,40-,41-,42+,45-,46-,47-,48+/m0/s1. The van der Waals surface area contributed by atoms with Gasteiger partial charge in [0.25, 0.3) is 0 Å². The van der Waals surface area contributed by atoms with Crippen LogP contribution in [0.3, 0.4) is 0 Å². The number of likely N-dealkylation sites (N-methyl/N-ethyl adjacent to an activating group) is 2. The van der Waals surface area contributed by atoms with E-state index in [1.807, 2.05) is 59.7 Å². The highest BCUT2D eigenvalue weighted by Gasteiger charge is 2.44. The van der Waals surface area contributed by atoms with E-state index in [1.54, 1.807) is 55.3 Å². The third kappa shape index (κ3) is 19.5. The van der Waals surface area contributed by atoms with Crippen LogP contribution in [0.15, 0.2) is 53.0 Å². The van der Waals surface area contributed by atoms with E-state index in [0.29, 0.717) is 37.4 Å². The summed E-state index contributed by atoms with van der Waals surface area (Å²) in [5.74, 6) is -4.40. The van der Waals surface area contributed by atoms with E-state index in [4.69, 9.17) is 19.1 Å². The molecule has 1 saturated heterocycles. The summed E-state index contributed by atoms with van der Waals surface area (Å²) in [6.45, 7) is 22.4. The number of amides is 5. The molecule has 0 unspecified atom stereocenters. The molecule has 1 aromatic heterocycles. The van der Waals surface area contributed by atoms with Crippen LogP contribution in [0, 0.1) is 23.7 Å². The second kappa shape index (κ2) is 30.9. The van der Waals surface area contributed by atoms with Gasteiger partial charge in [-0.05, 0) is 85.9 Å². The average molecular weight is 1110 g/mol. The molecule has 2 heterocycles. The number of nitrogens with one attached hydrogen (secondary N) is 2. The number of carboxylic acids is 1. The SMILES string of the molecule is CC[C@H](C)[C@@H]([C@@H](CC(=O)N1CCC[C@H]1[C@H](OC)[C@@H](C)C(=O)N[C@@H](Cc1ccccc1)C(=O)O)OC)N(C)C(=O)[C@@H](NC(=O)[C@H](C(C)C)N(C)C(=O)CCC[Si](C)(C)O[Si](C)(C)CSc1ncc(CN=[N+]=[N-])cn1)C(C)C. The number of hydrogen-bond acceptors (Lipinski definition) is 13. The van der Waals surface area contributed by atoms with E-state index in [-0.39, 0.29) is 61.3 Å². The molecule has 20 nitrogen and oxygen atoms in total. The lowest BCUT2D eigenvalue weighted by molar-refractivity contribution is -0.149. The summed E-state index contributed by atoms with van der Waals surface area (Å²) in [5, 5.41) is 20.6. The lowest BCUT2D eigenvalue weighted by atomic mass is 9.89. The second-order valence-corrected chi connectivity index (χ2v) is 32.3. The number of nitrogens with zero attached hydrogens (tertiary/aromatic N) is 8. The Labute approximate surface area is 457 Å². The first-order chi connectivity index (χ1) is 35.7. The second-order valence-electron chi connectivity index (χ2n) is 22.1. The van der Waals surface area contributed by atoms with Gasteiger partial charge in [-0.3, -0.25) is 24.0 Å². The minimum Gasteiger partial charge on any atom is -0.480 e. The number of carboxylic acid groups (broad SMARTS) is 1. The highest BCUT2D eigenvalue weighted by atomic mass is 32.2. The zero-order chi connectivity index (χ0) is 57.1. The fourth-order valence-corrected chi connectivity index (χ4v) is 20.6. The Hall–Kier alpha value is -4.91. The molecule has 1 aliphatic heterocycles. The average Bonchev–Trinajstić information content (AvgIpc) is 3.85. The lowest BCUT2D eigenvalue weighted by Gasteiger charge is -2.41. The van der Waals surface area contributed by atoms with Crippen LogP contribution in [0.4, 0.5) is 0 Å². The number of aromatic nitrogens is 2. The number of benzene rings is 1. The van der Waals surface area contributed by atoms with Gasteiger partial charge in [0, 0.05) is 70.4 Å². The summed E-state index contributed by atoms with van der Waals surface area (Å²) in [6, 6.07) is 5.77. The van der Waals surface area contributed by atoms with E-state index in [0.717, 1.165) is 22.5 Å². The van der Waals surface area contributed by atoms with Crippen molar-refractivity contribution in [3.05, 3.63) is 64.3 Å². The molecule has 2 aromatic rings. The van der Waals surface area contributed by atoms with Crippen molar-refractivity contribution in [1.29, 1.82) is 0 Å². The smallest absolute Gasteiger partial charge is 0.326 e. The summed E-state index contributed by atoms with van der Waals surface area (Å²) < 4.78 is 18.8. The van der Waals surface area contributed by atoms with Crippen molar-refractivity contribution >= 4 is 63.9 Å². The molecular weight excluding hydrogens is 1020 g/mol. The Morgan fingerprint density at radius 1 is 0.908 bits per heavy atom. The predicted octanol–water partition coefficient (Wildman–Crippen LogP) is 7.48. The third-order valence-corrected chi connectivity index (χ3v) is 24.2. The number of rotatable bonds is 32. The van der Waals surface area contributed by atoms with Crippen molar-refractivity contribution in [3.8, 4) is 0 Å². The summed E-state index contributed by atoms with van der Waals surface area (Å²) in [4.78, 5) is 99.6. The van der Waals surface area contributed by atoms with Gasteiger partial charge in [-0.1, -0.05) is 102 Å². The molecule has 76 heavy (non-hydrogen) atoms. The van der Waals surface area contributed by atoms with Crippen LogP contribution in [0.5, 0.6) is 0 Å². The van der Waals surface area contributed by atoms with E-state index in [9.17, 15) is 33.9 Å². The molecule has 5 amide bonds. The number of ether oxygens (including phenoxy) is 2. The maximum Gasteiger partial charge on any atom is 0.326 e. The Morgan fingerprint density at radius 3 is 2.11 bits per heavy atom. The molecule has 1 fully saturated rings. The number of carbonyl (C=O) groups is 6. The van der Waals surface area contributed by atoms with Gasteiger partial charge >= 0.3 is 5.97 Å². The van der Waals surface area contributed by atoms with Crippen LogP contribution >= 0.6 is 11.8 Å². The van der Waals surface area contributed by atoms with Crippen LogP contribution in [0.2, 0.25) is 32.2 Å². The lowest BCUT2D eigenvalue weighted by Crippen LogP contribution is -2.60. The Morgan fingerprint density at radius 2 is 1.55 bits per heavy atom. The number of hydrogen-bond donors (Lipinski definition) is 3. The van der Waals surface area contributed by atoms with Crippen molar-refractivity contribution in [3.63, 3.8) is 0 Å². The van der Waals surface area contributed by atoms with Crippen LogP contribution in [0.1, 0.15) is 98.1 Å². The van der Waals surface area contributed by atoms with E-state index in [1.165, 1.54) is 30.9 Å². The number of azide groups is 1.